The molecule has 1 aliphatic heterocycles. The number of imide groups is 1. The lowest BCUT2D eigenvalue weighted by Crippen LogP contribution is -2.36. The van der Waals surface area contributed by atoms with Gasteiger partial charge in [0.2, 0.25) is 0 Å². The summed E-state index contributed by atoms with van der Waals surface area (Å²) in [5.74, 6) is -0.173. The van der Waals surface area contributed by atoms with Crippen LogP contribution in [0.2, 0.25) is 0 Å². The highest BCUT2D eigenvalue weighted by Gasteiger charge is 2.37. The Balaban J connectivity index is 2.28. The molecule has 1 fully saturated rings. The first-order chi connectivity index (χ1) is 9.08. The third kappa shape index (κ3) is 2.61. The predicted molar refractivity (Wildman–Crippen MR) is 77.7 cm³/mol. The van der Waals surface area contributed by atoms with Crippen molar-refractivity contribution >= 4 is 29.0 Å². The summed E-state index contributed by atoms with van der Waals surface area (Å²) in [7, 11) is 0. The van der Waals surface area contributed by atoms with Crippen molar-refractivity contribution in [2.24, 2.45) is 0 Å². The fourth-order valence-electron chi connectivity index (χ4n) is 2.02. The van der Waals surface area contributed by atoms with Crippen molar-refractivity contribution in [3.8, 4) is 0 Å². The number of nitrogens with zero attached hydrogens (tertiary/aromatic N) is 2. The van der Waals surface area contributed by atoms with Gasteiger partial charge in [-0.25, -0.2) is 0 Å². The Labute approximate surface area is 117 Å². The third-order valence-corrected chi connectivity index (χ3v) is 4.22. The van der Waals surface area contributed by atoms with Gasteiger partial charge in [-0.15, -0.1) is 0 Å². The van der Waals surface area contributed by atoms with Gasteiger partial charge in [0.15, 0.2) is 0 Å². The smallest absolute Gasteiger partial charge is 0.293 e. The molecule has 0 bridgehead atoms. The van der Waals surface area contributed by atoms with Gasteiger partial charge in [0, 0.05) is 24.5 Å². The van der Waals surface area contributed by atoms with Crippen molar-refractivity contribution in [2.75, 3.05) is 0 Å². The summed E-state index contributed by atoms with van der Waals surface area (Å²) in [6, 6.07) is 3.84. The molecule has 102 valence electrons. The molecule has 19 heavy (non-hydrogen) atoms. The van der Waals surface area contributed by atoms with Gasteiger partial charge in [-0.1, -0.05) is 6.92 Å². The minimum Gasteiger partial charge on any atom is -0.348 e. The molecule has 0 saturated carbocycles. The van der Waals surface area contributed by atoms with E-state index in [0.717, 1.165) is 30.4 Å². The topological polar surface area (TPSA) is 42.3 Å². The van der Waals surface area contributed by atoms with Crippen molar-refractivity contribution < 1.29 is 9.59 Å². The molecule has 1 saturated heterocycles. The molecule has 0 unspecified atom stereocenters. The summed E-state index contributed by atoms with van der Waals surface area (Å²) in [6.07, 6.45) is 4.54. The molecule has 2 rings (SSSR count). The van der Waals surface area contributed by atoms with Crippen LogP contribution < -0.4 is 0 Å². The highest BCUT2D eigenvalue weighted by molar-refractivity contribution is 8.18. The maximum Gasteiger partial charge on any atom is 0.293 e. The van der Waals surface area contributed by atoms with Crippen LogP contribution in [0.3, 0.4) is 0 Å². The molecule has 1 atom stereocenters. The van der Waals surface area contributed by atoms with Crippen molar-refractivity contribution in [3.05, 3.63) is 28.9 Å². The van der Waals surface area contributed by atoms with Crippen LogP contribution in [0.5, 0.6) is 0 Å². The summed E-state index contributed by atoms with van der Waals surface area (Å²) in [6.45, 7) is 6.75. The average molecular weight is 278 g/mol. The van der Waals surface area contributed by atoms with Crippen LogP contribution in [0, 0.1) is 0 Å². The minimum atomic E-state index is -0.173. The van der Waals surface area contributed by atoms with Crippen LogP contribution in [0.25, 0.3) is 6.08 Å². The lowest BCUT2D eigenvalue weighted by atomic mass is 10.2. The highest BCUT2D eigenvalue weighted by Crippen LogP contribution is 2.34. The molecule has 1 aliphatic rings. The lowest BCUT2D eigenvalue weighted by Gasteiger charge is -2.19. The van der Waals surface area contributed by atoms with E-state index in [1.807, 2.05) is 43.7 Å². The second kappa shape index (κ2) is 5.65. The molecule has 1 aromatic heterocycles. The fourth-order valence-corrected chi connectivity index (χ4v) is 2.94. The number of aryl methyl sites for hydroxylation is 1. The van der Waals surface area contributed by atoms with Gasteiger partial charge in [0.1, 0.15) is 0 Å². The Bertz CT molecular complexity index is 533. The largest absolute Gasteiger partial charge is 0.348 e. The van der Waals surface area contributed by atoms with E-state index in [9.17, 15) is 9.59 Å². The SMILES string of the molecule is CC[C@H](C)N1C(=O)S/C(=C/c2cccn2CC)C1=O. The van der Waals surface area contributed by atoms with E-state index in [-0.39, 0.29) is 17.2 Å². The zero-order valence-electron chi connectivity index (χ0n) is 11.4. The van der Waals surface area contributed by atoms with Crippen LogP contribution in [-0.4, -0.2) is 26.7 Å². The maximum atomic E-state index is 12.2. The zero-order chi connectivity index (χ0) is 14.0. The van der Waals surface area contributed by atoms with Crippen LogP contribution in [0.1, 0.15) is 32.9 Å². The summed E-state index contributed by atoms with van der Waals surface area (Å²) in [4.78, 5) is 26.0. The average Bonchev–Trinajstić information content (AvgIpc) is 2.94. The molecule has 2 amide bonds. The molecular weight excluding hydrogens is 260 g/mol. The van der Waals surface area contributed by atoms with Crippen LogP contribution in [0.4, 0.5) is 4.79 Å². The molecule has 1 aromatic rings. The fraction of sp³-hybridized carbons (Fsp3) is 0.429. The predicted octanol–water partition coefficient (Wildman–Crippen LogP) is 3.34. The van der Waals surface area contributed by atoms with Crippen molar-refractivity contribution in [2.45, 2.75) is 39.8 Å². The number of amides is 2. The number of carbonyl (C=O) groups excluding carboxylic acids is 2. The van der Waals surface area contributed by atoms with Crippen molar-refractivity contribution in [1.29, 1.82) is 0 Å². The monoisotopic (exact) mass is 278 g/mol. The molecule has 0 N–H and O–H groups in total. The van der Waals surface area contributed by atoms with Gasteiger partial charge < -0.3 is 4.57 Å². The summed E-state index contributed by atoms with van der Waals surface area (Å²) >= 11 is 1.03. The first-order valence-corrected chi connectivity index (χ1v) is 7.32. The minimum absolute atomic E-state index is 0.0450. The van der Waals surface area contributed by atoms with Crippen LogP contribution in [-0.2, 0) is 11.3 Å². The second-order valence-corrected chi connectivity index (χ2v) is 5.52. The number of thioether (sulfide) groups is 1. The van der Waals surface area contributed by atoms with Gasteiger partial charge in [-0.05, 0) is 50.2 Å². The van der Waals surface area contributed by atoms with Gasteiger partial charge in [0.05, 0.1) is 4.91 Å². The normalized spacial score (nSPS) is 19.5. The van der Waals surface area contributed by atoms with Crippen LogP contribution in [0.15, 0.2) is 23.2 Å². The van der Waals surface area contributed by atoms with Gasteiger partial charge in [0.25, 0.3) is 11.1 Å². The molecule has 5 heteroatoms. The Hall–Kier alpha value is -1.49. The molecular formula is C14H18N2O2S. The molecule has 0 aromatic carbocycles. The maximum absolute atomic E-state index is 12.2. The van der Waals surface area contributed by atoms with Crippen molar-refractivity contribution in [1.82, 2.24) is 9.47 Å². The van der Waals surface area contributed by atoms with E-state index < -0.39 is 0 Å². The summed E-state index contributed by atoms with van der Waals surface area (Å²) in [5, 5.41) is -0.166. The Morgan fingerprint density at radius 2 is 2.11 bits per heavy atom. The number of carbonyl (C=O) groups is 2. The number of hydrogen-bond acceptors (Lipinski definition) is 3. The standard InChI is InChI=1S/C14H18N2O2S/c1-4-10(3)16-13(17)12(19-14(16)18)9-11-7-6-8-15(11)5-2/h6-10H,4-5H2,1-3H3/b12-9+/t10-/m0/s1. The Morgan fingerprint density at radius 1 is 1.37 bits per heavy atom. The molecule has 2 heterocycles. The van der Waals surface area contributed by atoms with E-state index in [1.165, 1.54) is 4.90 Å². The Morgan fingerprint density at radius 3 is 2.74 bits per heavy atom. The van der Waals surface area contributed by atoms with E-state index >= 15 is 0 Å². The number of aromatic nitrogens is 1. The van der Waals surface area contributed by atoms with E-state index in [0.29, 0.717) is 4.91 Å². The molecule has 0 radical (unpaired) electrons. The number of rotatable bonds is 4. The van der Waals surface area contributed by atoms with E-state index in [1.54, 1.807) is 6.08 Å². The molecule has 4 nitrogen and oxygen atoms in total. The highest BCUT2D eigenvalue weighted by atomic mass is 32.2. The van der Waals surface area contributed by atoms with E-state index in [4.69, 9.17) is 0 Å². The third-order valence-electron chi connectivity index (χ3n) is 3.34. The molecule has 0 aliphatic carbocycles. The summed E-state index contributed by atoms with van der Waals surface area (Å²) < 4.78 is 2.04. The zero-order valence-corrected chi connectivity index (χ0v) is 12.2. The molecule has 0 spiro atoms. The first kappa shape index (κ1) is 13.9. The van der Waals surface area contributed by atoms with Gasteiger partial charge >= 0.3 is 0 Å². The van der Waals surface area contributed by atoms with Crippen LogP contribution >= 0.6 is 11.8 Å². The van der Waals surface area contributed by atoms with Crippen molar-refractivity contribution in [3.63, 3.8) is 0 Å². The van der Waals surface area contributed by atoms with Gasteiger partial charge in [-0.2, -0.15) is 0 Å². The Kier molecular flexibility index (Phi) is 4.14. The summed E-state index contributed by atoms with van der Waals surface area (Å²) in [5.41, 5.74) is 0.956. The lowest BCUT2D eigenvalue weighted by molar-refractivity contribution is -0.124. The quantitative estimate of drug-likeness (QED) is 0.793. The van der Waals surface area contributed by atoms with Gasteiger partial charge in [-0.3, -0.25) is 14.5 Å². The number of hydrogen-bond donors (Lipinski definition) is 0. The first-order valence-electron chi connectivity index (χ1n) is 6.50. The van der Waals surface area contributed by atoms with E-state index in [2.05, 4.69) is 0 Å². The second-order valence-electron chi connectivity index (χ2n) is 4.53.